The van der Waals surface area contributed by atoms with E-state index in [2.05, 4.69) is 20.3 Å². The smallest absolute Gasteiger partial charge is 0.261 e. The Morgan fingerprint density at radius 2 is 1.74 bits per heavy atom. The van der Waals surface area contributed by atoms with Crippen LogP contribution in [0.3, 0.4) is 0 Å². The SMILES string of the molecule is CN(C)C(CNC(=O)Cc1ccc(NS(=O)(=O)c2ccc(F)cc2)cc1)c1ccsc1. The Balaban J connectivity index is 1.56. The minimum Gasteiger partial charge on any atom is -0.354 e. The summed E-state index contributed by atoms with van der Waals surface area (Å²) in [5, 5.41) is 7.05. The molecule has 0 aliphatic heterocycles. The highest BCUT2D eigenvalue weighted by Crippen LogP contribution is 2.20. The first-order valence-corrected chi connectivity index (χ1v) is 12.0. The summed E-state index contributed by atoms with van der Waals surface area (Å²) in [5.41, 5.74) is 2.28. The van der Waals surface area contributed by atoms with Crippen molar-refractivity contribution in [2.24, 2.45) is 0 Å². The first-order valence-electron chi connectivity index (χ1n) is 9.57. The topological polar surface area (TPSA) is 78.5 Å². The molecule has 0 spiro atoms. The summed E-state index contributed by atoms with van der Waals surface area (Å²) in [5.74, 6) is -0.615. The molecule has 3 aromatic rings. The highest BCUT2D eigenvalue weighted by molar-refractivity contribution is 7.92. The lowest BCUT2D eigenvalue weighted by Gasteiger charge is -2.24. The van der Waals surface area contributed by atoms with Gasteiger partial charge in [-0.2, -0.15) is 11.3 Å². The van der Waals surface area contributed by atoms with E-state index < -0.39 is 15.8 Å². The third kappa shape index (κ3) is 6.36. The second-order valence-corrected chi connectivity index (χ2v) is 9.74. The van der Waals surface area contributed by atoms with E-state index in [9.17, 15) is 17.6 Å². The van der Waals surface area contributed by atoms with E-state index in [1.807, 2.05) is 25.5 Å². The number of likely N-dealkylation sites (N-methyl/N-ethyl adjacent to an activating group) is 1. The van der Waals surface area contributed by atoms with Crippen LogP contribution < -0.4 is 10.0 Å². The van der Waals surface area contributed by atoms with Gasteiger partial charge in [0, 0.05) is 12.2 Å². The van der Waals surface area contributed by atoms with Crippen LogP contribution in [-0.4, -0.2) is 39.9 Å². The van der Waals surface area contributed by atoms with Crippen LogP contribution in [0.25, 0.3) is 0 Å². The van der Waals surface area contributed by atoms with E-state index in [1.165, 1.54) is 12.1 Å². The number of sulfonamides is 1. The van der Waals surface area contributed by atoms with Crippen molar-refractivity contribution >= 4 is 33.0 Å². The molecule has 6 nitrogen and oxygen atoms in total. The van der Waals surface area contributed by atoms with Crippen LogP contribution in [0.4, 0.5) is 10.1 Å². The number of thiophene rings is 1. The van der Waals surface area contributed by atoms with Crippen molar-refractivity contribution in [1.82, 2.24) is 10.2 Å². The van der Waals surface area contributed by atoms with Crippen molar-refractivity contribution < 1.29 is 17.6 Å². The lowest BCUT2D eigenvalue weighted by molar-refractivity contribution is -0.120. The number of benzene rings is 2. The van der Waals surface area contributed by atoms with Gasteiger partial charge < -0.3 is 10.2 Å². The van der Waals surface area contributed by atoms with Gasteiger partial charge in [-0.3, -0.25) is 9.52 Å². The lowest BCUT2D eigenvalue weighted by Crippen LogP contribution is -2.35. The number of rotatable bonds is 9. The number of hydrogen-bond acceptors (Lipinski definition) is 5. The highest BCUT2D eigenvalue weighted by atomic mass is 32.2. The number of carbonyl (C=O) groups excluding carboxylic acids is 1. The Morgan fingerprint density at radius 3 is 2.32 bits per heavy atom. The molecule has 0 aliphatic rings. The fraction of sp³-hybridized carbons (Fsp3) is 0.227. The summed E-state index contributed by atoms with van der Waals surface area (Å²) in [7, 11) is 0.131. The Bertz CT molecular complexity index is 1100. The molecule has 0 aliphatic carbocycles. The minimum absolute atomic E-state index is 0.0292. The van der Waals surface area contributed by atoms with Crippen LogP contribution in [0, 0.1) is 5.82 Å². The molecule has 0 saturated carbocycles. The van der Waals surface area contributed by atoms with Crippen molar-refractivity contribution in [1.29, 1.82) is 0 Å². The van der Waals surface area contributed by atoms with Gasteiger partial charge >= 0.3 is 0 Å². The van der Waals surface area contributed by atoms with E-state index in [0.717, 1.165) is 23.3 Å². The summed E-state index contributed by atoms with van der Waals surface area (Å²) >= 11 is 1.62. The van der Waals surface area contributed by atoms with Gasteiger partial charge in [0.2, 0.25) is 5.91 Å². The molecule has 31 heavy (non-hydrogen) atoms. The Morgan fingerprint density at radius 1 is 1.06 bits per heavy atom. The van der Waals surface area contributed by atoms with Crippen LogP contribution in [0.1, 0.15) is 17.2 Å². The predicted molar refractivity (Wildman–Crippen MR) is 121 cm³/mol. The zero-order valence-electron chi connectivity index (χ0n) is 17.2. The Kier molecular flexibility index (Phi) is 7.42. The number of hydrogen-bond donors (Lipinski definition) is 2. The van der Waals surface area contributed by atoms with Crippen molar-refractivity contribution in [2.45, 2.75) is 17.4 Å². The summed E-state index contributed by atoms with van der Waals surface area (Å²) in [6.07, 6.45) is 0.189. The summed E-state index contributed by atoms with van der Waals surface area (Å²) in [4.78, 5) is 14.4. The molecule has 2 aromatic carbocycles. The largest absolute Gasteiger partial charge is 0.354 e. The first-order chi connectivity index (χ1) is 14.7. The number of anilines is 1. The van der Waals surface area contributed by atoms with Gasteiger partial charge in [0.1, 0.15) is 5.82 Å². The van der Waals surface area contributed by atoms with Crippen molar-refractivity contribution in [3.05, 3.63) is 82.3 Å². The van der Waals surface area contributed by atoms with E-state index in [-0.39, 0.29) is 23.3 Å². The van der Waals surface area contributed by atoms with Gasteiger partial charge in [0.25, 0.3) is 10.0 Å². The number of nitrogens with zero attached hydrogens (tertiary/aromatic N) is 1. The highest BCUT2D eigenvalue weighted by Gasteiger charge is 2.16. The molecule has 1 unspecified atom stereocenters. The van der Waals surface area contributed by atoms with Crippen LogP contribution >= 0.6 is 11.3 Å². The normalized spacial score (nSPS) is 12.5. The fourth-order valence-corrected chi connectivity index (χ4v) is 4.81. The predicted octanol–water partition coefficient (Wildman–Crippen LogP) is 3.65. The molecule has 9 heteroatoms. The molecule has 1 heterocycles. The third-order valence-corrected chi connectivity index (χ3v) is 6.84. The number of amides is 1. The van der Waals surface area contributed by atoms with Crippen LogP contribution in [-0.2, 0) is 21.2 Å². The second-order valence-electron chi connectivity index (χ2n) is 7.27. The zero-order chi connectivity index (χ0) is 22.4. The molecule has 1 amide bonds. The lowest BCUT2D eigenvalue weighted by atomic mass is 10.1. The van der Waals surface area contributed by atoms with Gasteiger partial charge in [-0.1, -0.05) is 12.1 Å². The number of carbonyl (C=O) groups is 1. The monoisotopic (exact) mass is 461 g/mol. The molecular weight excluding hydrogens is 437 g/mol. The van der Waals surface area contributed by atoms with Gasteiger partial charge in [0.05, 0.1) is 17.4 Å². The molecule has 0 saturated heterocycles. The maximum absolute atomic E-state index is 13.0. The molecule has 0 fully saturated rings. The first kappa shape index (κ1) is 22.9. The fourth-order valence-electron chi connectivity index (χ4n) is 3.04. The van der Waals surface area contributed by atoms with Gasteiger partial charge in [-0.25, -0.2) is 12.8 Å². The van der Waals surface area contributed by atoms with Crippen molar-refractivity contribution in [3.63, 3.8) is 0 Å². The average molecular weight is 462 g/mol. The third-order valence-electron chi connectivity index (χ3n) is 4.74. The molecule has 164 valence electrons. The Hall–Kier alpha value is -2.75. The quantitative estimate of drug-likeness (QED) is 0.510. The van der Waals surface area contributed by atoms with E-state index >= 15 is 0 Å². The maximum atomic E-state index is 13.0. The van der Waals surface area contributed by atoms with Gasteiger partial charge in [-0.15, -0.1) is 0 Å². The summed E-state index contributed by atoms with van der Waals surface area (Å²) in [6, 6.07) is 13.3. The molecule has 2 N–H and O–H groups in total. The molecule has 1 aromatic heterocycles. The zero-order valence-corrected chi connectivity index (χ0v) is 18.8. The van der Waals surface area contributed by atoms with Crippen LogP contribution in [0.5, 0.6) is 0 Å². The molecule has 0 bridgehead atoms. The summed E-state index contributed by atoms with van der Waals surface area (Å²) in [6.45, 7) is 0.498. The molecule has 1 atom stereocenters. The molecule has 0 radical (unpaired) electrons. The van der Waals surface area contributed by atoms with Crippen molar-refractivity contribution in [3.8, 4) is 0 Å². The van der Waals surface area contributed by atoms with E-state index in [0.29, 0.717) is 12.2 Å². The number of nitrogens with one attached hydrogen (secondary N) is 2. The van der Waals surface area contributed by atoms with Gasteiger partial charge in [0.15, 0.2) is 0 Å². The van der Waals surface area contributed by atoms with Crippen LogP contribution in [0.15, 0.2) is 70.3 Å². The average Bonchev–Trinajstić information content (AvgIpc) is 3.24. The van der Waals surface area contributed by atoms with Crippen LogP contribution in [0.2, 0.25) is 0 Å². The maximum Gasteiger partial charge on any atom is 0.261 e. The standard InChI is InChI=1S/C22H24FN3O3S2/c1-26(2)21(17-11-12-30-15-17)14-24-22(27)13-16-3-7-19(8-4-16)25-31(28,29)20-9-5-18(23)6-10-20/h3-12,15,21,25H,13-14H2,1-2H3,(H,24,27). The van der Waals surface area contributed by atoms with E-state index in [1.54, 1.807) is 35.6 Å². The summed E-state index contributed by atoms with van der Waals surface area (Å²) < 4.78 is 40.2. The van der Waals surface area contributed by atoms with E-state index in [4.69, 9.17) is 0 Å². The minimum atomic E-state index is -3.81. The second kappa shape index (κ2) is 10.0. The van der Waals surface area contributed by atoms with Crippen molar-refractivity contribution in [2.75, 3.05) is 25.4 Å². The molecular formula is C22H24FN3O3S2. The Labute approximate surface area is 185 Å². The number of halogens is 1. The van der Waals surface area contributed by atoms with Gasteiger partial charge in [-0.05, 0) is 78.4 Å². The molecule has 3 rings (SSSR count).